The van der Waals surface area contributed by atoms with E-state index in [1.807, 2.05) is 31.2 Å². The third-order valence-electron chi connectivity index (χ3n) is 4.14. The van der Waals surface area contributed by atoms with Crippen molar-refractivity contribution in [3.8, 4) is 0 Å². The number of ketones is 1. The summed E-state index contributed by atoms with van der Waals surface area (Å²) in [5.74, 6) is -0.0745. The molecule has 1 atom stereocenters. The fourth-order valence-electron chi connectivity index (χ4n) is 3.06. The minimum absolute atomic E-state index is 0.0694. The average Bonchev–Trinajstić information content (AvgIpc) is 2.48. The maximum Gasteiger partial charge on any atom is 0.269 e. The van der Waals surface area contributed by atoms with Gasteiger partial charge in [-0.15, -0.1) is 0 Å². The van der Waals surface area contributed by atoms with E-state index in [-0.39, 0.29) is 17.4 Å². The van der Waals surface area contributed by atoms with Gasteiger partial charge in [0.15, 0.2) is 5.78 Å². The van der Waals surface area contributed by atoms with Gasteiger partial charge in [-0.05, 0) is 36.5 Å². The van der Waals surface area contributed by atoms with Gasteiger partial charge in [0, 0.05) is 23.6 Å². The highest BCUT2D eigenvalue weighted by Gasteiger charge is 2.29. The number of nitrogens with zero attached hydrogens (tertiary/aromatic N) is 1. The molecule has 4 heteroatoms. The van der Waals surface area contributed by atoms with Crippen molar-refractivity contribution < 1.29 is 9.72 Å². The van der Waals surface area contributed by atoms with Crippen molar-refractivity contribution >= 4 is 11.5 Å². The normalized spacial score (nSPS) is 17.4. The SMILES string of the molecule is Cc1cc([N+](=O)[O-])ccc1C1CCc2ccccc2C1=O. The molecule has 0 spiro atoms. The molecular formula is C17H15NO3. The molecule has 0 fully saturated rings. The number of Topliss-reactive ketones (excluding diaryl/α,β-unsaturated/α-hetero) is 1. The summed E-state index contributed by atoms with van der Waals surface area (Å²) in [4.78, 5) is 23.1. The van der Waals surface area contributed by atoms with Crippen LogP contribution in [0.25, 0.3) is 0 Å². The lowest BCUT2D eigenvalue weighted by Gasteiger charge is -2.24. The van der Waals surface area contributed by atoms with Crippen molar-refractivity contribution in [2.75, 3.05) is 0 Å². The summed E-state index contributed by atoms with van der Waals surface area (Å²) in [6.07, 6.45) is 1.62. The van der Waals surface area contributed by atoms with Crippen LogP contribution in [0.4, 0.5) is 5.69 Å². The second-order valence-electron chi connectivity index (χ2n) is 5.41. The molecule has 21 heavy (non-hydrogen) atoms. The van der Waals surface area contributed by atoms with E-state index in [0.29, 0.717) is 0 Å². The number of hydrogen-bond donors (Lipinski definition) is 0. The molecule has 1 aliphatic rings. The Bertz CT molecular complexity index is 737. The van der Waals surface area contributed by atoms with Crippen LogP contribution in [0.5, 0.6) is 0 Å². The molecule has 0 bridgehead atoms. The Morgan fingerprint density at radius 3 is 2.67 bits per heavy atom. The largest absolute Gasteiger partial charge is 0.293 e. The van der Waals surface area contributed by atoms with Gasteiger partial charge < -0.3 is 0 Å². The Morgan fingerprint density at radius 2 is 1.95 bits per heavy atom. The first-order valence-corrected chi connectivity index (χ1v) is 6.95. The Hall–Kier alpha value is -2.49. The summed E-state index contributed by atoms with van der Waals surface area (Å²) >= 11 is 0. The number of nitro groups is 1. The summed E-state index contributed by atoms with van der Waals surface area (Å²) in [6.45, 7) is 1.83. The molecule has 0 aliphatic heterocycles. The van der Waals surface area contributed by atoms with Gasteiger partial charge in [-0.25, -0.2) is 0 Å². The van der Waals surface area contributed by atoms with Crippen molar-refractivity contribution in [1.29, 1.82) is 0 Å². The molecule has 0 saturated heterocycles. The maximum atomic E-state index is 12.7. The summed E-state index contributed by atoms with van der Waals surface area (Å²) in [7, 11) is 0. The molecule has 2 aromatic rings. The van der Waals surface area contributed by atoms with Gasteiger partial charge in [0.05, 0.1) is 4.92 Å². The van der Waals surface area contributed by atoms with E-state index in [9.17, 15) is 14.9 Å². The molecule has 0 heterocycles. The van der Waals surface area contributed by atoms with Crippen LogP contribution >= 0.6 is 0 Å². The van der Waals surface area contributed by atoms with E-state index in [0.717, 1.165) is 35.1 Å². The molecule has 1 aliphatic carbocycles. The number of carbonyl (C=O) groups is 1. The second kappa shape index (κ2) is 5.13. The molecule has 0 saturated carbocycles. The van der Waals surface area contributed by atoms with Crippen LogP contribution in [0.1, 0.15) is 39.4 Å². The molecule has 0 aromatic heterocycles. The number of fused-ring (bicyclic) bond motifs is 1. The van der Waals surface area contributed by atoms with Gasteiger partial charge in [-0.2, -0.15) is 0 Å². The predicted molar refractivity (Wildman–Crippen MR) is 79.7 cm³/mol. The Kier molecular flexibility index (Phi) is 3.29. The van der Waals surface area contributed by atoms with Gasteiger partial charge >= 0.3 is 0 Å². The predicted octanol–water partition coefficient (Wildman–Crippen LogP) is 3.82. The highest BCUT2D eigenvalue weighted by atomic mass is 16.6. The van der Waals surface area contributed by atoms with E-state index in [1.54, 1.807) is 12.1 Å². The van der Waals surface area contributed by atoms with E-state index < -0.39 is 4.92 Å². The van der Waals surface area contributed by atoms with Gasteiger partial charge in [0.2, 0.25) is 0 Å². The van der Waals surface area contributed by atoms with E-state index in [2.05, 4.69) is 0 Å². The summed E-state index contributed by atoms with van der Waals surface area (Å²) in [5, 5.41) is 10.8. The lowest BCUT2D eigenvalue weighted by atomic mass is 9.78. The third-order valence-corrected chi connectivity index (χ3v) is 4.14. The zero-order valence-electron chi connectivity index (χ0n) is 11.7. The zero-order chi connectivity index (χ0) is 15.0. The summed E-state index contributed by atoms with van der Waals surface area (Å²) in [6, 6.07) is 12.4. The van der Waals surface area contributed by atoms with E-state index in [4.69, 9.17) is 0 Å². The van der Waals surface area contributed by atoms with Crippen LogP contribution in [0.3, 0.4) is 0 Å². The van der Waals surface area contributed by atoms with Crippen molar-refractivity contribution in [1.82, 2.24) is 0 Å². The fraction of sp³-hybridized carbons (Fsp3) is 0.235. The smallest absolute Gasteiger partial charge is 0.269 e. The Labute approximate surface area is 122 Å². The molecule has 3 rings (SSSR count). The Morgan fingerprint density at radius 1 is 1.19 bits per heavy atom. The minimum Gasteiger partial charge on any atom is -0.293 e. The van der Waals surface area contributed by atoms with Gasteiger partial charge in [0.1, 0.15) is 0 Å². The zero-order valence-corrected chi connectivity index (χ0v) is 11.7. The fourth-order valence-corrected chi connectivity index (χ4v) is 3.06. The van der Waals surface area contributed by atoms with Crippen molar-refractivity contribution in [3.63, 3.8) is 0 Å². The molecule has 0 radical (unpaired) electrons. The summed E-state index contributed by atoms with van der Waals surface area (Å²) < 4.78 is 0. The second-order valence-corrected chi connectivity index (χ2v) is 5.41. The van der Waals surface area contributed by atoms with Crippen LogP contribution in [-0.4, -0.2) is 10.7 Å². The van der Waals surface area contributed by atoms with Crippen molar-refractivity contribution in [3.05, 3.63) is 74.8 Å². The van der Waals surface area contributed by atoms with Gasteiger partial charge in [0.25, 0.3) is 5.69 Å². The first kappa shape index (κ1) is 13.5. The molecule has 4 nitrogen and oxygen atoms in total. The van der Waals surface area contributed by atoms with Crippen LogP contribution in [0.15, 0.2) is 42.5 Å². The monoisotopic (exact) mass is 281 g/mol. The van der Waals surface area contributed by atoms with Gasteiger partial charge in [-0.3, -0.25) is 14.9 Å². The minimum atomic E-state index is -0.408. The standard InChI is InChI=1S/C17H15NO3/c1-11-10-13(18(20)21)7-9-14(11)16-8-6-12-4-2-3-5-15(12)17(16)19/h2-5,7,9-10,16H,6,8H2,1H3. The lowest BCUT2D eigenvalue weighted by molar-refractivity contribution is -0.384. The molecule has 106 valence electrons. The average molecular weight is 281 g/mol. The van der Waals surface area contributed by atoms with E-state index in [1.165, 1.54) is 6.07 Å². The van der Waals surface area contributed by atoms with Crippen LogP contribution in [0, 0.1) is 17.0 Å². The van der Waals surface area contributed by atoms with Crippen LogP contribution in [-0.2, 0) is 6.42 Å². The van der Waals surface area contributed by atoms with Gasteiger partial charge in [-0.1, -0.05) is 30.3 Å². The molecular weight excluding hydrogens is 266 g/mol. The Balaban J connectivity index is 1.99. The van der Waals surface area contributed by atoms with Crippen molar-refractivity contribution in [2.24, 2.45) is 0 Å². The number of aryl methyl sites for hydroxylation is 2. The number of hydrogen-bond acceptors (Lipinski definition) is 3. The number of nitro benzene ring substituents is 1. The van der Waals surface area contributed by atoms with Crippen LogP contribution in [0.2, 0.25) is 0 Å². The first-order valence-electron chi connectivity index (χ1n) is 6.95. The molecule has 0 amide bonds. The van der Waals surface area contributed by atoms with E-state index >= 15 is 0 Å². The van der Waals surface area contributed by atoms with Crippen LogP contribution < -0.4 is 0 Å². The number of rotatable bonds is 2. The molecule has 0 N–H and O–H groups in total. The molecule has 2 aromatic carbocycles. The third kappa shape index (κ3) is 2.33. The highest BCUT2D eigenvalue weighted by Crippen LogP contribution is 2.35. The first-order chi connectivity index (χ1) is 10.1. The quantitative estimate of drug-likeness (QED) is 0.621. The highest BCUT2D eigenvalue weighted by molar-refractivity contribution is 6.03. The van der Waals surface area contributed by atoms with Crippen molar-refractivity contribution in [2.45, 2.75) is 25.7 Å². The molecule has 1 unspecified atom stereocenters. The number of benzene rings is 2. The maximum absolute atomic E-state index is 12.7. The number of non-ortho nitro benzene ring substituents is 1. The topological polar surface area (TPSA) is 60.2 Å². The summed E-state index contributed by atoms with van der Waals surface area (Å²) in [5.41, 5.74) is 3.66. The number of carbonyl (C=O) groups excluding carboxylic acids is 1. The lowest BCUT2D eigenvalue weighted by Crippen LogP contribution is -2.21.